The van der Waals surface area contributed by atoms with E-state index in [1.165, 1.54) is 19.3 Å². The molecule has 3 nitrogen and oxygen atoms in total. The molecular weight excluding hydrogens is 243 g/mol. The lowest BCUT2D eigenvalue weighted by Gasteiger charge is -2.27. The van der Waals surface area contributed by atoms with Gasteiger partial charge in [-0.05, 0) is 49.9 Å². The summed E-state index contributed by atoms with van der Waals surface area (Å²) in [5.74, 6) is 0.969. The van der Waals surface area contributed by atoms with Crippen molar-refractivity contribution >= 4 is 11.1 Å². The van der Waals surface area contributed by atoms with Crippen LogP contribution in [-0.2, 0) is 0 Å². The number of halogens is 1. The number of rotatable bonds is 4. The van der Waals surface area contributed by atoms with Gasteiger partial charge in [0.15, 0.2) is 17.3 Å². The summed E-state index contributed by atoms with van der Waals surface area (Å²) >= 11 is 0. The van der Waals surface area contributed by atoms with E-state index in [1.54, 1.807) is 13.0 Å². The Kier molecular flexibility index (Phi) is 3.27. The van der Waals surface area contributed by atoms with E-state index in [0.29, 0.717) is 11.4 Å². The molecular formula is C15H19FN2O. The number of nitrogens with one attached hydrogen (secondary N) is 1. The first-order valence-corrected chi connectivity index (χ1v) is 6.93. The third-order valence-electron chi connectivity index (χ3n) is 4.01. The van der Waals surface area contributed by atoms with Gasteiger partial charge < -0.3 is 9.73 Å². The standard InChI is InChI=1S/C15H19FN2O/c1-9(17-8-11-4-3-5-11)12-6-13(16)15-14(7-12)18-10(2)19-15/h6-7,9,11,17H,3-5,8H2,1-2H3/t9-/m0/s1. The first-order valence-electron chi connectivity index (χ1n) is 6.93. The fourth-order valence-electron chi connectivity index (χ4n) is 2.53. The molecule has 1 aliphatic rings. The molecule has 1 aromatic carbocycles. The molecule has 0 spiro atoms. The van der Waals surface area contributed by atoms with Crippen LogP contribution in [0.15, 0.2) is 16.5 Å². The summed E-state index contributed by atoms with van der Waals surface area (Å²) < 4.78 is 19.2. The summed E-state index contributed by atoms with van der Waals surface area (Å²) in [6, 6.07) is 3.59. The molecule has 0 amide bonds. The zero-order chi connectivity index (χ0) is 13.4. The zero-order valence-corrected chi connectivity index (χ0v) is 11.4. The van der Waals surface area contributed by atoms with E-state index < -0.39 is 0 Å². The molecule has 1 atom stereocenters. The summed E-state index contributed by atoms with van der Waals surface area (Å²) in [7, 11) is 0. The number of oxazole rings is 1. The smallest absolute Gasteiger partial charge is 0.192 e. The van der Waals surface area contributed by atoms with Gasteiger partial charge in [0.1, 0.15) is 5.52 Å². The highest BCUT2D eigenvalue weighted by Crippen LogP contribution is 2.27. The predicted octanol–water partition coefficient (Wildman–Crippen LogP) is 3.73. The van der Waals surface area contributed by atoms with Crippen LogP contribution in [0.1, 0.15) is 43.7 Å². The van der Waals surface area contributed by atoms with Crippen LogP contribution in [0.2, 0.25) is 0 Å². The van der Waals surface area contributed by atoms with Crippen LogP contribution in [0.5, 0.6) is 0 Å². The van der Waals surface area contributed by atoms with Crippen LogP contribution in [0.3, 0.4) is 0 Å². The average molecular weight is 262 g/mol. The lowest BCUT2D eigenvalue weighted by molar-refractivity contribution is 0.292. The lowest BCUT2D eigenvalue weighted by Crippen LogP contribution is -2.29. The number of aromatic nitrogens is 1. The van der Waals surface area contributed by atoms with Crippen molar-refractivity contribution in [3.63, 3.8) is 0 Å². The molecule has 1 aliphatic carbocycles. The second-order valence-electron chi connectivity index (χ2n) is 5.51. The van der Waals surface area contributed by atoms with Crippen molar-refractivity contribution in [3.05, 3.63) is 29.4 Å². The van der Waals surface area contributed by atoms with Crippen LogP contribution in [0, 0.1) is 18.7 Å². The minimum atomic E-state index is -0.328. The van der Waals surface area contributed by atoms with E-state index in [9.17, 15) is 4.39 Å². The molecule has 102 valence electrons. The van der Waals surface area contributed by atoms with Gasteiger partial charge in [-0.1, -0.05) is 6.42 Å². The Morgan fingerprint density at radius 2 is 2.26 bits per heavy atom. The highest BCUT2D eigenvalue weighted by Gasteiger charge is 2.19. The fraction of sp³-hybridized carbons (Fsp3) is 0.533. The maximum atomic E-state index is 13.9. The van der Waals surface area contributed by atoms with E-state index in [-0.39, 0.29) is 17.4 Å². The summed E-state index contributed by atoms with van der Waals surface area (Å²) in [5.41, 5.74) is 1.79. The lowest BCUT2D eigenvalue weighted by atomic mass is 9.85. The van der Waals surface area contributed by atoms with Crippen molar-refractivity contribution in [2.24, 2.45) is 5.92 Å². The van der Waals surface area contributed by atoms with Crippen LogP contribution < -0.4 is 5.32 Å². The number of fused-ring (bicyclic) bond motifs is 1. The van der Waals surface area contributed by atoms with E-state index in [4.69, 9.17) is 4.42 Å². The molecule has 19 heavy (non-hydrogen) atoms. The van der Waals surface area contributed by atoms with Crippen LogP contribution in [0.25, 0.3) is 11.1 Å². The van der Waals surface area contributed by atoms with Crippen molar-refractivity contribution in [1.82, 2.24) is 10.3 Å². The Labute approximate surface area is 112 Å². The maximum Gasteiger partial charge on any atom is 0.192 e. The molecule has 0 radical (unpaired) electrons. The highest BCUT2D eigenvalue weighted by atomic mass is 19.1. The molecule has 2 aromatic rings. The number of benzene rings is 1. The molecule has 0 bridgehead atoms. The Hall–Kier alpha value is -1.42. The van der Waals surface area contributed by atoms with Gasteiger partial charge in [-0.3, -0.25) is 0 Å². The largest absolute Gasteiger partial charge is 0.438 e. The fourth-order valence-corrected chi connectivity index (χ4v) is 2.53. The quantitative estimate of drug-likeness (QED) is 0.912. The molecule has 1 N–H and O–H groups in total. The van der Waals surface area contributed by atoms with Gasteiger partial charge in [0.2, 0.25) is 0 Å². The van der Waals surface area contributed by atoms with Crippen molar-refractivity contribution in [1.29, 1.82) is 0 Å². The van der Waals surface area contributed by atoms with Crippen LogP contribution >= 0.6 is 0 Å². The Bertz CT molecular complexity index is 589. The monoisotopic (exact) mass is 262 g/mol. The van der Waals surface area contributed by atoms with Crippen LogP contribution in [-0.4, -0.2) is 11.5 Å². The molecule has 0 unspecified atom stereocenters. The molecule has 0 saturated heterocycles. The number of nitrogens with zero attached hydrogens (tertiary/aromatic N) is 1. The molecule has 0 aliphatic heterocycles. The Balaban J connectivity index is 1.78. The summed E-state index contributed by atoms with van der Waals surface area (Å²) in [6.07, 6.45) is 3.98. The normalized spacial score (nSPS) is 17.6. The third-order valence-corrected chi connectivity index (χ3v) is 4.01. The van der Waals surface area contributed by atoms with Crippen molar-refractivity contribution < 1.29 is 8.81 Å². The van der Waals surface area contributed by atoms with Gasteiger partial charge in [0.05, 0.1) is 0 Å². The topological polar surface area (TPSA) is 38.1 Å². The minimum Gasteiger partial charge on any atom is -0.438 e. The average Bonchev–Trinajstić information content (AvgIpc) is 2.68. The zero-order valence-electron chi connectivity index (χ0n) is 11.4. The van der Waals surface area contributed by atoms with Gasteiger partial charge in [-0.15, -0.1) is 0 Å². The van der Waals surface area contributed by atoms with Crippen LogP contribution in [0.4, 0.5) is 4.39 Å². The van der Waals surface area contributed by atoms with Gasteiger partial charge in [0.25, 0.3) is 0 Å². The molecule has 4 heteroatoms. The molecule has 3 rings (SSSR count). The summed E-state index contributed by atoms with van der Waals surface area (Å²) in [5, 5.41) is 3.47. The van der Waals surface area contributed by atoms with Gasteiger partial charge >= 0.3 is 0 Å². The summed E-state index contributed by atoms with van der Waals surface area (Å²) in [4.78, 5) is 4.21. The highest BCUT2D eigenvalue weighted by molar-refractivity contribution is 5.74. The van der Waals surface area contributed by atoms with E-state index in [1.807, 2.05) is 6.07 Å². The first kappa shape index (κ1) is 12.6. The van der Waals surface area contributed by atoms with E-state index in [0.717, 1.165) is 18.0 Å². The Morgan fingerprint density at radius 1 is 1.47 bits per heavy atom. The summed E-state index contributed by atoms with van der Waals surface area (Å²) in [6.45, 7) is 4.81. The SMILES string of the molecule is Cc1nc2cc([C@H](C)NCC3CCC3)cc(F)c2o1. The Morgan fingerprint density at radius 3 is 2.95 bits per heavy atom. The number of hydrogen-bond acceptors (Lipinski definition) is 3. The second-order valence-corrected chi connectivity index (χ2v) is 5.51. The first-order chi connectivity index (χ1) is 9.13. The molecule has 1 fully saturated rings. The third kappa shape index (κ3) is 2.50. The molecule has 1 heterocycles. The van der Waals surface area contributed by atoms with Crippen molar-refractivity contribution in [2.75, 3.05) is 6.54 Å². The van der Waals surface area contributed by atoms with Gasteiger partial charge in [-0.2, -0.15) is 0 Å². The van der Waals surface area contributed by atoms with E-state index >= 15 is 0 Å². The number of aryl methyl sites for hydroxylation is 1. The van der Waals surface area contributed by atoms with Crippen molar-refractivity contribution in [2.45, 2.75) is 39.2 Å². The molecule has 1 aromatic heterocycles. The minimum absolute atomic E-state index is 0.136. The molecule has 1 saturated carbocycles. The van der Waals surface area contributed by atoms with Crippen molar-refractivity contribution in [3.8, 4) is 0 Å². The predicted molar refractivity (Wildman–Crippen MR) is 72.5 cm³/mol. The number of hydrogen-bond donors (Lipinski definition) is 1. The van der Waals surface area contributed by atoms with E-state index in [2.05, 4.69) is 17.2 Å². The second kappa shape index (κ2) is 4.93. The van der Waals surface area contributed by atoms with Gasteiger partial charge in [0, 0.05) is 13.0 Å². The van der Waals surface area contributed by atoms with Gasteiger partial charge in [-0.25, -0.2) is 9.37 Å². The maximum absolute atomic E-state index is 13.9.